The predicted molar refractivity (Wildman–Crippen MR) is 68.4 cm³/mol. The van der Waals surface area contributed by atoms with Gasteiger partial charge in [0.2, 0.25) is 0 Å². The van der Waals surface area contributed by atoms with Crippen molar-refractivity contribution in [3.63, 3.8) is 0 Å². The molecule has 18 heavy (non-hydrogen) atoms. The predicted octanol–water partition coefficient (Wildman–Crippen LogP) is 2.96. The molecule has 0 saturated carbocycles. The first-order chi connectivity index (χ1) is 8.62. The highest BCUT2D eigenvalue weighted by Gasteiger charge is 2.14. The van der Waals surface area contributed by atoms with E-state index in [1.54, 1.807) is 38.1 Å². The Morgan fingerprint density at radius 2 is 1.78 bits per heavy atom. The van der Waals surface area contributed by atoms with Gasteiger partial charge in [-0.1, -0.05) is 38.6 Å². The molecule has 0 saturated heterocycles. The molecule has 0 atom stereocenters. The molecule has 0 aromatic heterocycles. The highest BCUT2D eigenvalue weighted by molar-refractivity contribution is 5.78. The zero-order valence-corrected chi connectivity index (χ0v) is 10.6. The minimum absolute atomic E-state index is 0.237. The Hall–Kier alpha value is -2.10. The van der Waals surface area contributed by atoms with Crippen LogP contribution in [0.3, 0.4) is 0 Å². The van der Waals surface area contributed by atoms with Crippen molar-refractivity contribution >= 4 is 18.0 Å². The molecule has 0 heterocycles. The molecular formula is C14H16O4. The van der Waals surface area contributed by atoms with Crippen molar-refractivity contribution in [3.05, 3.63) is 30.3 Å². The van der Waals surface area contributed by atoms with E-state index in [4.69, 9.17) is 9.47 Å². The first kappa shape index (κ1) is 14.0. The summed E-state index contributed by atoms with van der Waals surface area (Å²) in [7, 11) is 0. The van der Waals surface area contributed by atoms with Crippen LogP contribution in [0, 0.1) is 0 Å². The second kappa shape index (κ2) is 6.59. The number of ether oxygens (including phenoxy) is 2. The van der Waals surface area contributed by atoms with Crippen LogP contribution in [-0.4, -0.2) is 11.9 Å². The van der Waals surface area contributed by atoms with Crippen LogP contribution in [0.4, 0.5) is 0 Å². The highest BCUT2D eigenvalue weighted by atomic mass is 16.6. The van der Waals surface area contributed by atoms with Gasteiger partial charge < -0.3 is 9.47 Å². The molecule has 0 aliphatic rings. The van der Waals surface area contributed by atoms with Crippen molar-refractivity contribution in [1.82, 2.24) is 0 Å². The molecule has 0 radical (unpaired) electrons. The van der Waals surface area contributed by atoms with Crippen LogP contribution in [-0.2, 0) is 9.59 Å². The van der Waals surface area contributed by atoms with Crippen LogP contribution in [0.2, 0.25) is 0 Å². The van der Waals surface area contributed by atoms with Gasteiger partial charge in [0.15, 0.2) is 11.5 Å². The second-order valence-electron chi connectivity index (χ2n) is 3.53. The van der Waals surface area contributed by atoms with Gasteiger partial charge in [0, 0.05) is 18.4 Å². The van der Waals surface area contributed by atoms with Crippen molar-refractivity contribution in [1.29, 1.82) is 0 Å². The summed E-state index contributed by atoms with van der Waals surface area (Å²) in [6.45, 7) is 7.02. The van der Waals surface area contributed by atoms with Crippen LogP contribution in [0.5, 0.6) is 11.5 Å². The summed E-state index contributed by atoms with van der Waals surface area (Å²) in [6, 6.07) is 5.02. The van der Waals surface area contributed by atoms with Crippen molar-refractivity contribution in [2.24, 2.45) is 0 Å². The van der Waals surface area contributed by atoms with Crippen molar-refractivity contribution < 1.29 is 19.1 Å². The molecule has 1 aromatic rings. The molecule has 0 N–H and O–H groups in total. The summed E-state index contributed by atoms with van der Waals surface area (Å²) in [4.78, 5) is 22.7. The quantitative estimate of drug-likeness (QED) is 0.593. The van der Waals surface area contributed by atoms with Crippen LogP contribution < -0.4 is 9.47 Å². The Bertz CT molecular complexity index is 463. The molecule has 1 aromatic carbocycles. The first-order valence-electron chi connectivity index (χ1n) is 5.79. The standard InChI is InChI=1S/C14H16O4/c1-4-10-8-7-9-11(17-12(15)5-2)14(10)18-13(16)6-3/h4,7-9H,1,5-6H2,2-3H3. The van der Waals surface area contributed by atoms with E-state index in [0.717, 1.165) is 0 Å². The van der Waals surface area contributed by atoms with E-state index < -0.39 is 5.97 Å². The zero-order valence-electron chi connectivity index (χ0n) is 10.6. The maximum atomic E-state index is 11.4. The average molecular weight is 248 g/mol. The Balaban J connectivity index is 3.11. The van der Waals surface area contributed by atoms with Gasteiger partial charge in [-0.05, 0) is 6.07 Å². The topological polar surface area (TPSA) is 52.6 Å². The van der Waals surface area contributed by atoms with E-state index in [1.165, 1.54) is 0 Å². The minimum atomic E-state index is -0.391. The molecular weight excluding hydrogens is 232 g/mol. The lowest BCUT2D eigenvalue weighted by Crippen LogP contribution is -2.11. The Morgan fingerprint density at radius 1 is 1.17 bits per heavy atom. The summed E-state index contributed by atoms with van der Waals surface area (Å²) in [5.41, 5.74) is 0.609. The largest absolute Gasteiger partial charge is 0.422 e. The number of hydrogen-bond donors (Lipinski definition) is 0. The fourth-order valence-electron chi connectivity index (χ4n) is 1.26. The lowest BCUT2D eigenvalue weighted by Gasteiger charge is -2.12. The van der Waals surface area contributed by atoms with Crippen LogP contribution in [0.1, 0.15) is 32.3 Å². The van der Waals surface area contributed by atoms with Gasteiger partial charge in [0.1, 0.15) is 0 Å². The summed E-state index contributed by atoms with van der Waals surface area (Å²) >= 11 is 0. The van der Waals surface area contributed by atoms with Crippen molar-refractivity contribution in [2.75, 3.05) is 0 Å². The average Bonchev–Trinajstić information content (AvgIpc) is 2.40. The Kier molecular flexibility index (Phi) is 5.11. The molecule has 0 spiro atoms. The number of hydrogen-bond acceptors (Lipinski definition) is 4. The molecule has 0 aliphatic carbocycles. The molecule has 1 rings (SSSR count). The number of esters is 2. The summed E-state index contributed by atoms with van der Waals surface area (Å²) < 4.78 is 10.3. The van der Waals surface area contributed by atoms with Gasteiger partial charge in [-0.2, -0.15) is 0 Å². The minimum Gasteiger partial charge on any atom is -0.422 e. The van der Waals surface area contributed by atoms with Gasteiger partial charge in [0.05, 0.1) is 0 Å². The molecule has 0 fully saturated rings. The van der Waals surface area contributed by atoms with E-state index in [1.807, 2.05) is 0 Å². The molecule has 0 amide bonds. The van der Waals surface area contributed by atoms with Crippen LogP contribution in [0.25, 0.3) is 6.08 Å². The molecule has 4 nitrogen and oxygen atoms in total. The maximum Gasteiger partial charge on any atom is 0.311 e. The van der Waals surface area contributed by atoms with Crippen molar-refractivity contribution in [2.45, 2.75) is 26.7 Å². The highest BCUT2D eigenvalue weighted by Crippen LogP contribution is 2.32. The van der Waals surface area contributed by atoms with Crippen molar-refractivity contribution in [3.8, 4) is 11.5 Å². The summed E-state index contributed by atoms with van der Waals surface area (Å²) in [5, 5.41) is 0. The lowest BCUT2D eigenvalue weighted by atomic mass is 10.2. The fraction of sp³-hybridized carbons (Fsp3) is 0.286. The van der Waals surface area contributed by atoms with E-state index in [9.17, 15) is 9.59 Å². The smallest absolute Gasteiger partial charge is 0.311 e. The third-order valence-corrected chi connectivity index (χ3v) is 2.25. The van der Waals surface area contributed by atoms with E-state index in [-0.39, 0.29) is 30.3 Å². The lowest BCUT2D eigenvalue weighted by molar-refractivity contribution is -0.136. The van der Waals surface area contributed by atoms with Gasteiger partial charge in [-0.25, -0.2) is 0 Å². The van der Waals surface area contributed by atoms with Crippen LogP contribution in [0.15, 0.2) is 24.8 Å². The molecule has 0 bridgehead atoms. The van der Waals surface area contributed by atoms with E-state index in [0.29, 0.717) is 5.56 Å². The Morgan fingerprint density at radius 3 is 2.33 bits per heavy atom. The monoisotopic (exact) mass is 248 g/mol. The summed E-state index contributed by atoms with van der Waals surface area (Å²) in [5.74, 6) is -0.301. The zero-order chi connectivity index (χ0) is 13.5. The Labute approximate surface area is 106 Å². The maximum absolute atomic E-state index is 11.4. The number of carbonyl (C=O) groups is 2. The van der Waals surface area contributed by atoms with Gasteiger partial charge in [0.25, 0.3) is 0 Å². The summed E-state index contributed by atoms with van der Waals surface area (Å²) in [6.07, 6.45) is 2.04. The normalized spacial score (nSPS) is 9.67. The second-order valence-corrected chi connectivity index (χ2v) is 3.53. The number of carbonyl (C=O) groups excluding carboxylic acids is 2. The van der Waals surface area contributed by atoms with Gasteiger partial charge in [-0.15, -0.1) is 0 Å². The molecule has 4 heteroatoms. The third-order valence-electron chi connectivity index (χ3n) is 2.25. The van der Waals surface area contributed by atoms with Gasteiger partial charge in [-0.3, -0.25) is 9.59 Å². The SMILES string of the molecule is C=Cc1cccc(OC(=O)CC)c1OC(=O)CC. The van der Waals surface area contributed by atoms with E-state index in [2.05, 4.69) is 6.58 Å². The fourth-order valence-corrected chi connectivity index (χ4v) is 1.26. The first-order valence-corrected chi connectivity index (χ1v) is 5.79. The van der Waals surface area contributed by atoms with Crippen LogP contribution >= 0.6 is 0 Å². The molecule has 0 unspecified atom stereocenters. The van der Waals surface area contributed by atoms with E-state index >= 15 is 0 Å². The third kappa shape index (κ3) is 3.45. The molecule has 0 aliphatic heterocycles. The molecule has 96 valence electrons. The van der Waals surface area contributed by atoms with Gasteiger partial charge >= 0.3 is 11.9 Å². The number of rotatable bonds is 5. The number of para-hydroxylation sites is 1. The number of benzene rings is 1.